The maximum absolute atomic E-state index is 6.07. The Labute approximate surface area is 128 Å². The summed E-state index contributed by atoms with van der Waals surface area (Å²) in [4.78, 5) is 4.68. The van der Waals surface area contributed by atoms with Crippen molar-refractivity contribution in [1.82, 2.24) is 19.3 Å². The van der Waals surface area contributed by atoms with Crippen LogP contribution in [0.5, 0.6) is 0 Å². The van der Waals surface area contributed by atoms with Gasteiger partial charge in [0, 0.05) is 7.05 Å². The van der Waals surface area contributed by atoms with Crippen molar-refractivity contribution in [1.29, 1.82) is 0 Å². The second-order valence-corrected chi connectivity index (χ2v) is 5.52. The first-order chi connectivity index (χ1) is 10.1. The molecule has 5 nitrogen and oxygen atoms in total. The van der Waals surface area contributed by atoms with Crippen molar-refractivity contribution < 1.29 is 4.42 Å². The summed E-state index contributed by atoms with van der Waals surface area (Å²) in [5, 5.41) is 4.58. The van der Waals surface area contributed by atoms with E-state index in [1.807, 2.05) is 30.8 Å². The zero-order chi connectivity index (χ0) is 15.0. The lowest BCUT2D eigenvalue weighted by Gasteiger charge is -2.06. The van der Waals surface area contributed by atoms with Gasteiger partial charge in [-0.1, -0.05) is 13.3 Å². The van der Waals surface area contributed by atoms with Crippen molar-refractivity contribution in [3.8, 4) is 0 Å². The molecule has 0 bridgehead atoms. The van der Waals surface area contributed by atoms with Crippen LogP contribution in [-0.2, 0) is 25.9 Å². The maximum atomic E-state index is 6.07. The molecule has 3 aromatic rings. The first-order valence-corrected chi connectivity index (χ1v) is 7.69. The van der Waals surface area contributed by atoms with Crippen molar-refractivity contribution in [2.24, 2.45) is 7.05 Å². The molecule has 0 atom stereocenters. The maximum Gasteiger partial charge on any atom is 0.159 e. The van der Waals surface area contributed by atoms with E-state index < -0.39 is 0 Å². The summed E-state index contributed by atoms with van der Waals surface area (Å²) in [6, 6.07) is 3.96. The lowest BCUT2D eigenvalue weighted by atomic mass is 10.2. The molecule has 0 spiro atoms. The standard InChI is InChI=1S/C15H19ClN4O/c1-4-5-12-14-15(19(3)18-12)20(13(8-16)17-14)9-11-7-6-10(2)21-11/h6-7H,4-5,8-9H2,1-3H3. The average molecular weight is 307 g/mol. The number of alkyl halides is 1. The Morgan fingerprint density at radius 1 is 1.33 bits per heavy atom. The molecule has 0 aromatic carbocycles. The van der Waals surface area contributed by atoms with E-state index in [0.717, 1.165) is 47.0 Å². The van der Waals surface area contributed by atoms with Gasteiger partial charge in [-0.05, 0) is 25.5 Å². The van der Waals surface area contributed by atoms with E-state index in [9.17, 15) is 0 Å². The van der Waals surface area contributed by atoms with E-state index in [1.54, 1.807) is 0 Å². The minimum absolute atomic E-state index is 0.375. The van der Waals surface area contributed by atoms with Gasteiger partial charge < -0.3 is 8.98 Å². The fourth-order valence-electron chi connectivity index (χ4n) is 2.69. The highest BCUT2D eigenvalue weighted by Gasteiger charge is 2.19. The molecule has 0 saturated carbocycles. The van der Waals surface area contributed by atoms with Crippen molar-refractivity contribution in [2.75, 3.05) is 0 Å². The van der Waals surface area contributed by atoms with Crippen molar-refractivity contribution in [3.63, 3.8) is 0 Å². The van der Waals surface area contributed by atoms with Crippen LogP contribution in [0.4, 0.5) is 0 Å². The van der Waals surface area contributed by atoms with E-state index in [1.165, 1.54) is 0 Å². The van der Waals surface area contributed by atoms with Gasteiger partial charge in [-0.25, -0.2) is 4.98 Å². The van der Waals surface area contributed by atoms with Crippen LogP contribution in [0, 0.1) is 6.92 Å². The Hall–Kier alpha value is -1.75. The van der Waals surface area contributed by atoms with Crippen LogP contribution in [0.1, 0.15) is 36.4 Å². The molecule has 112 valence electrons. The topological polar surface area (TPSA) is 48.8 Å². The smallest absolute Gasteiger partial charge is 0.159 e. The SMILES string of the molecule is CCCc1nn(C)c2c1nc(CCl)n2Cc1ccc(C)o1. The largest absolute Gasteiger partial charge is 0.464 e. The Kier molecular flexibility index (Phi) is 3.76. The molecule has 0 unspecified atom stereocenters. The number of halogens is 1. The van der Waals surface area contributed by atoms with Crippen LogP contribution in [0.2, 0.25) is 0 Å². The highest BCUT2D eigenvalue weighted by Crippen LogP contribution is 2.23. The second-order valence-electron chi connectivity index (χ2n) is 5.25. The molecule has 6 heteroatoms. The van der Waals surface area contributed by atoms with E-state index in [4.69, 9.17) is 16.0 Å². The lowest BCUT2D eigenvalue weighted by Crippen LogP contribution is -2.07. The Bertz CT molecular complexity index is 768. The van der Waals surface area contributed by atoms with E-state index in [0.29, 0.717) is 12.4 Å². The summed E-state index contributed by atoms with van der Waals surface area (Å²) in [6.45, 7) is 4.71. The van der Waals surface area contributed by atoms with Crippen LogP contribution in [0.25, 0.3) is 11.2 Å². The van der Waals surface area contributed by atoms with Crippen molar-refractivity contribution >= 4 is 22.8 Å². The number of nitrogens with zero attached hydrogens (tertiary/aromatic N) is 4. The number of fused-ring (bicyclic) bond motifs is 1. The predicted octanol–water partition coefficient (Wildman–Crippen LogP) is 3.41. The van der Waals surface area contributed by atoms with Crippen LogP contribution in [0.3, 0.4) is 0 Å². The van der Waals surface area contributed by atoms with Crippen LogP contribution in [-0.4, -0.2) is 19.3 Å². The highest BCUT2D eigenvalue weighted by atomic mass is 35.5. The van der Waals surface area contributed by atoms with Gasteiger partial charge in [0.1, 0.15) is 22.9 Å². The summed E-state index contributed by atoms with van der Waals surface area (Å²) < 4.78 is 9.66. The molecule has 0 fully saturated rings. The molecule has 0 saturated heterocycles. The van der Waals surface area contributed by atoms with Crippen LogP contribution >= 0.6 is 11.6 Å². The van der Waals surface area contributed by atoms with Gasteiger partial charge in [-0.3, -0.25) is 4.68 Å². The molecule has 21 heavy (non-hydrogen) atoms. The molecular weight excluding hydrogens is 288 g/mol. The van der Waals surface area contributed by atoms with Crippen molar-refractivity contribution in [2.45, 2.75) is 39.1 Å². The summed E-state index contributed by atoms with van der Waals surface area (Å²) in [6.07, 6.45) is 1.97. The lowest BCUT2D eigenvalue weighted by molar-refractivity contribution is 0.468. The fraction of sp³-hybridized carbons (Fsp3) is 0.467. The summed E-state index contributed by atoms with van der Waals surface area (Å²) in [5.74, 6) is 3.04. The molecule has 3 rings (SSSR count). The van der Waals surface area contributed by atoms with Crippen molar-refractivity contribution in [3.05, 3.63) is 35.2 Å². The van der Waals surface area contributed by atoms with Gasteiger partial charge in [-0.2, -0.15) is 5.10 Å². The van der Waals surface area contributed by atoms with Gasteiger partial charge in [0.15, 0.2) is 5.65 Å². The first-order valence-electron chi connectivity index (χ1n) is 7.16. The fourth-order valence-corrected chi connectivity index (χ4v) is 2.89. The zero-order valence-electron chi connectivity index (χ0n) is 12.6. The normalized spacial score (nSPS) is 11.6. The number of hydrogen-bond acceptors (Lipinski definition) is 3. The second kappa shape index (κ2) is 5.56. The summed E-state index contributed by atoms with van der Waals surface area (Å²) in [5.41, 5.74) is 3.00. The number of rotatable bonds is 5. The van der Waals surface area contributed by atoms with Gasteiger partial charge in [0.25, 0.3) is 0 Å². The average Bonchev–Trinajstić information content (AvgIpc) is 3.09. The predicted molar refractivity (Wildman–Crippen MR) is 82.6 cm³/mol. The van der Waals surface area contributed by atoms with E-state index in [-0.39, 0.29) is 0 Å². The van der Waals surface area contributed by atoms with Crippen LogP contribution < -0.4 is 0 Å². The Balaban J connectivity index is 2.11. The third kappa shape index (κ3) is 2.46. The molecule has 0 N–H and O–H groups in total. The quantitative estimate of drug-likeness (QED) is 0.679. The van der Waals surface area contributed by atoms with Gasteiger partial charge >= 0.3 is 0 Å². The summed E-state index contributed by atoms with van der Waals surface area (Å²) in [7, 11) is 1.95. The highest BCUT2D eigenvalue weighted by molar-refractivity contribution is 6.16. The molecule has 0 amide bonds. The Morgan fingerprint density at radius 2 is 2.14 bits per heavy atom. The number of aryl methyl sites for hydroxylation is 3. The van der Waals surface area contributed by atoms with Gasteiger partial charge in [0.2, 0.25) is 0 Å². The minimum atomic E-state index is 0.375. The Morgan fingerprint density at radius 3 is 2.76 bits per heavy atom. The molecule has 3 aromatic heterocycles. The number of hydrogen-bond donors (Lipinski definition) is 0. The minimum Gasteiger partial charge on any atom is -0.464 e. The molecule has 0 aliphatic heterocycles. The zero-order valence-corrected chi connectivity index (χ0v) is 13.3. The number of imidazole rings is 1. The molecule has 0 aliphatic carbocycles. The molecule has 3 heterocycles. The molecule has 0 aliphatic rings. The monoisotopic (exact) mass is 306 g/mol. The van der Waals surface area contributed by atoms with Gasteiger partial charge in [0.05, 0.1) is 18.1 Å². The van der Waals surface area contributed by atoms with Crippen LogP contribution in [0.15, 0.2) is 16.5 Å². The van der Waals surface area contributed by atoms with E-state index in [2.05, 4.69) is 21.6 Å². The third-order valence-electron chi connectivity index (χ3n) is 3.59. The number of furan rings is 1. The molecule has 0 radical (unpaired) electrons. The first kappa shape index (κ1) is 14.2. The van der Waals surface area contributed by atoms with Gasteiger partial charge in [-0.15, -0.1) is 11.6 Å². The molecular formula is C15H19ClN4O. The summed E-state index contributed by atoms with van der Waals surface area (Å²) >= 11 is 6.07. The number of aromatic nitrogens is 4. The third-order valence-corrected chi connectivity index (χ3v) is 3.83. The van der Waals surface area contributed by atoms with E-state index >= 15 is 0 Å².